The maximum atomic E-state index is 12.3. The van der Waals surface area contributed by atoms with Crippen molar-refractivity contribution in [1.29, 1.82) is 0 Å². The van der Waals surface area contributed by atoms with Crippen LogP contribution in [0.2, 0.25) is 0 Å². The van der Waals surface area contributed by atoms with Gasteiger partial charge in [0, 0.05) is 26.2 Å². The number of ether oxygens (including phenoxy) is 4. The molecule has 1 amide bonds. The van der Waals surface area contributed by atoms with Gasteiger partial charge < -0.3 is 29.0 Å². The topological polar surface area (TPSA) is 94.5 Å². The molecular weight excluding hydrogens is 414 g/mol. The van der Waals surface area contributed by atoms with Gasteiger partial charge >= 0.3 is 12.1 Å². The van der Waals surface area contributed by atoms with Crippen LogP contribution in [-0.4, -0.2) is 74.3 Å². The van der Waals surface area contributed by atoms with Crippen LogP contribution in [-0.2, 0) is 25.4 Å². The zero-order valence-electron chi connectivity index (χ0n) is 19.7. The lowest BCUT2D eigenvalue weighted by Gasteiger charge is -2.22. The Morgan fingerprint density at radius 1 is 0.938 bits per heavy atom. The van der Waals surface area contributed by atoms with Crippen LogP contribution in [0, 0.1) is 0 Å². The SMILES string of the molecule is CCCCCOCCN(CCOc1ccc(CC(OCC)C(=O)O)cc1)C(=O)OCCC. The summed E-state index contributed by atoms with van der Waals surface area (Å²) in [5, 5.41) is 9.20. The van der Waals surface area contributed by atoms with E-state index in [0.29, 0.717) is 58.3 Å². The fourth-order valence-corrected chi connectivity index (χ4v) is 2.93. The molecule has 0 aromatic heterocycles. The summed E-state index contributed by atoms with van der Waals surface area (Å²) in [5.74, 6) is -0.328. The van der Waals surface area contributed by atoms with Crippen LogP contribution in [0.3, 0.4) is 0 Å². The van der Waals surface area contributed by atoms with E-state index >= 15 is 0 Å². The van der Waals surface area contributed by atoms with Crippen molar-refractivity contribution in [2.45, 2.75) is 59.0 Å². The summed E-state index contributed by atoms with van der Waals surface area (Å²) in [5.41, 5.74) is 0.850. The minimum Gasteiger partial charge on any atom is -0.492 e. The van der Waals surface area contributed by atoms with Crippen LogP contribution < -0.4 is 4.74 Å². The van der Waals surface area contributed by atoms with Crippen molar-refractivity contribution >= 4 is 12.1 Å². The fourth-order valence-electron chi connectivity index (χ4n) is 2.93. The molecule has 8 nitrogen and oxygen atoms in total. The van der Waals surface area contributed by atoms with Gasteiger partial charge in [0.25, 0.3) is 0 Å². The van der Waals surface area contributed by atoms with Crippen LogP contribution >= 0.6 is 0 Å². The van der Waals surface area contributed by atoms with Crippen molar-refractivity contribution in [3.05, 3.63) is 29.8 Å². The second kappa shape index (κ2) is 17.3. The number of benzene rings is 1. The number of carboxylic acid groups (broad SMARTS) is 1. The molecule has 32 heavy (non-hydrogen) atoms. The van der Waals surface area contributed by atoms with Crippen LogP contribution in [0.25, 0.3) is 0 Å². The van der Waals surface area contributed by atoms with Crippen molar-refractivity contribution in [1.82, 2.24) is 4.90 Å². The molecule has 1 atom stereocenters. The molecule has 0 bridgehead atoms. The second-order valence-electron chi connectivity index (χ2n) is 7.40. The molecule has 0 saturated heterocycles. The molecule has 0 aliphatic heterocycles. The number of hydrogen-bond acceptors (Lipinski definition) is 6. The number of carbonyl (C=O) groups excluding carboxylic acids is 1. The molecule has 1 aromatic rings. The van der Waals surface area contributed by atoms with E-state index in [1.165, 1.54) is 0 Å². The first-order chi connectivity index (χ1) is 15.5. The Kier molecular flexibility index (Phi) is 14.9. The predicted molar refractivity (Wildman–Crippen MR) is 122 cm³/mol. The minimum atomic E-state index is -0.975. The number of carboxylic acids is 1. The molecular formula is C24H39NO7. The van der Waals surface area contributed by atoms with Gasteiger partial charge in [0.1, 0.15) is 12.4 Å². The van der Waals surface area contributed by atoms with E-state index < -0.39 is 12.1 Å². The third-order valence-corrected chi connectivity index (χ3v) is 4.70. The number of rotatable bonds is 18. The van der Waals surface area contributed by atoms with Crippen molar-refractivity contribution in [2.75, 3.05) is 46.1 Å². The van der Waals surface area contributed by atoms with E-state index in [2.05, 4.69) is 6.92 Å². The first kappa shape index (κ1) is 27.7. The molecule has 8 heteroatoms. The van der Waals surface area contributed by atoms with Gasteiger partial charge in [0.15, 0.2) is 6.10 Å². The largest absolute Gasteiger partial charge is 0.492 e. The fraction of sp³-hybridized carbons (Fsp3) is 0.667. The van der Waals surface area contributed by atoms with Gasteiger partial charge in [0.05, 0.1) is 19.8 Å². The van der Waals surface area contributed by atoms with E-state index in [-0.39, 0.29) is 6.09 Å². The van der Waals surface area contributed by atoms with Crippen LogP contribution in [0.4, 0.5) is 4.79 Å². The summed E-state index contributed by atoms with van der Waals surface area (Å²) < 4.78 is 21.9. The van der Waals surface area contributed by atoms with Gasteiger partial charge in [-0.2, -0.15) is 0 Å². The van der Waals surface area contributed by atoms with Crippen molar-refractivity contribution in [2.24, 2.45) is 0 Å². The van der Waals surface area contributed by atoms with E-state index in [4.69, 9.17) is 18.9 Å². The van der Waals surface area contributed by atoms with Gasteiger partial charge in [-0.1, -0.05) is 38.8 Å². The summed E-state index contributed by atoms with van der Waals surface area (Å²) in [6.45, 7) is 8.90. The Morgan fingerprint density at radius 3 is 2.28 bits per heavy atom. The van der Waals surface area contributed by atoms with Gasteiger partial charge in [0.2, 0.25) is 0 Å². The predicted octanol–water partition coefficient (Wildman–Crippen LogP) is 4.15. The maximum Gasteiger partial charge on any atom is 0.409 e. The number of amides is 1. The highest BCUT2D eigenvalue weighted by Crippen LogP contribution is 2.15. The van der Waals surface area contributed by atoms with E-state index in [9.17, 15) is 14.7 Å². The van der Waals surface area contributed by atoms with Crippen LogP contribution in [0.5, 0.6) is 5.75 Å². The lowest BCUT2D eigenvalue weighted by molar-refractivity contribution is -0.149. The van der Waals surface area contributed by atoms with Crippen molar-refractivity contribution in [3.63, 3.8) is 0 Å². The first-order valence-corrected chi connectivity index (χ1v) is 11.6. The molecule has 0 aliphatic rings. The molecule has 0 aliphatic carbocycles. The van der Waals surface area contributed by atoms with E-state index in [0.717, 1.165) is 31.2 Å². The normalized spacial score (nSPS) is 11.7. The number of nitrogens with zero attached hydrogens (tertiary/aromatic N) is 1. The summed E-state index contributed by atoms with van der Waals surface area (Å²) in [6, 6.07) is 7.22. The zero-order chi connectivity index (χ0) is 23.6. The molecule has 182 valence electrons. The summed E-state index contributed by atoms with van der Waals surface area (Å²) >= 11 is 0. The quantitative estimate of drug-likeness (QED) is 0.334. The molecule has 1 rings (SSSR count). The standard InChI is InChI=1S/C24H39NO7/c1-4-7-8-16-29-17-13-25(24(28)32-15-5-2)14-18-31-21-11-9-20(10-12-21)19-22(23(26)27)30-6-3/h9-12,22H,4-8,13-19H2,1-3H3,(H,26,27). The molecule has 0 spiro atoms. The maximum absolute atomic E-state index is 12.3. The average Bonchev–Trinajstić information content (AvgIpc) is 2.79. The molecule has 0 fully saturated rings. The van der Waals surface area contributed by atoms with Gasteiger partial charge in [-0.15, -0.1) is 0 Å². The smallest absolute Gasteiger partial charge is 0.409 e. The van der Waals surface area contributed by atoms with E-state index in [1.54, 1.807) is 24.0 Å². The summed E-state index contributed by atoms with van der Waals surface area (Å²) in [7, 11) is 0. The molecule has 1 unspecified atom stereocenters. The Morgan fingerprint density at radius 2 is 1.66 bits per heavy atom. The molecule has 0 heterocycles. The third kappa shape index (κ3) is 11.9. The van der Waals surface area contributed by atoms with Gasteiger partial charge in [-0.05, 0) is 37.5 Å². The first-order valence-electron chi connectivity index (χ1n) is 11.6. The molecule has 0 saturated carbocycles. The monoisotopic (exact) mass is 453 g/mol. The van der Waals surface area contributed by atoms with E-state index in [1.807, 2.05) is 19.1 Å². The number of aliphatic carboxylic acids is 1. The van der Waals surface area contributed by atoms with Crippen molar-refractivity contribution in [3.8, 4) is 5.75 Å². The second-order valence-corrected chi connectivity index (χ2v) is 7.40. The summed E-state index contributed by atoms with van der Waals surface area (Å²) in [6.07, 6.45) is 3.13. The Labute approximate surface area is 191 Å². The highest BCUT2D eigenvalue weighted by molar-refractivity contribution is 5.72. The average molecular weight is 454 g/mol. The lowest BCUT2D eigenvalue weighted by Crippen LogP contribution is -2.37. The lowest BCUT2D eigenvalue weighted by atomic mass is 10.1. The van der Waals surface area contributed by atoms with Gasteiger partial charge in [-0.3, -0.25) is 0 Å². The Bertz CT molecular complexity index is 636. The highest BCUT2D eigenvalue weighted by atomic mass is 16.6. The molecule has 0 radical (unpaired) electrons. The van der Waals surface area contributed by atoms with Crippen LogP contribution in [0.1, 0.15) is 52.0 Å². The molecule has 1 aromatic carbocycles. The number of hydrogen-bond donors (Lipinski definition) is 1. The van der Waals surface area contributed by atoms with Gasteiger partial charge in [-0.25, -0.2) is 9.59 Å². The number of unbranched alkanes of at least 4 members (excludes halogenated alkanes) is 2. The Balaban J connectivity index is 2.49. The molecule has 1 N–H and O–H groups in total. The summed E-state index contributed by atoms with van der Waals surface area (Å²) in [4.78, 5) is 25.1. The highest BCUT2D eigenvalue weighted by Gasteiger charge is 2.18. The number of carbonyl (C=O) groups is 2. The third-order valence-electron chi connectivity index (χ3n) is 4.70. The van der Waals surface area contributed by atoms with Crippen LogP contribution in [0.15, 0.2) is 24.3 Å². The Hall–Kier alpha value is -2.32. The van der Waals surface area contributed by atoms with Crippen molar-refractivity contribution < 1.29 is 33.6 Å². The zero-order valence-corrected chi connectivity index (χ0v) is 19.7. The minimum absolute atomic E-state index is 0.290.